The molecule has 0 saturated heterocycles. The summed E-state index contributed by atoms with van der Waals surface area (Å²) in [5.41, 5.74) is 17.3. The first-order valence-corrected chi connectivity index (χ1v) is 25.1. The Morgan fingerprint density at radius 1 is 0.292 bits per heavy atom. The first kappa shape index (κ1) is 43.2. The smallest absolute Gasteiger partial charge is 0.140 e. The fourth-order valence-corrected chi connectivity index (χ4v) is 11.1. The van der Waals surface area contributed by atoms with Gasteiger partial charge < -0.3 is 18.6 Å². The third kappa shape index (κ3) is 7.38. The van der Waals surface area contributed by atoms with E-state index in [1.807, 2.05) is 0 Å². The van der Waals surface area contributed by atoms with Gasteiger partial charge in [0, 0.05) is 66.8 Å². The molecule has 2 heterocycles. The number of fused-ring (bicyclic) bond motifs is 8. The third-order valence-corrected chi connectivity index (χ3v) is 14.4. The van der Waals surface area contributed by atoms with Crippen molar-refractivity contribution in [1.82, 2.24) is 0 Å². The molecule has 13 aromatic rings. The first-order chi connectivity index (χ1) is 35.3. The van der Waals surface area contributed by atoms with Gasteiger partial charge in [0.15, 0.2) is 0 Å². The number of hydrogen-bond acceptors (Lipinski definition) is 4. The Kier molecular flexibility index (Phi) is 10.5. The average molecular weight is 929 g/mol. The van der Waals surface area contributed by atoms with Crippen molar-refractivity contribution in [1.29, 1.82) is 0 Å². The Labute approximate surface area is 419 Å². The maximum atomic E-state index is 7.19. The van der Waals surface area contributed by atoms with E-state index in [2.05, 4.69) is 268 Å². The molecule has 0 spiro atoms. The van der Waals surface area contributed by atoms with E-state index < -0.39 is 0 Å². The van der Waals surface area contributed by atoms with Gasteiger partial charge in [-0.15, -0.1) is 0 Å². The van der Waals surface area contributed by atoms with Crippen LogP contribution in [0.5, 0.6) is 0 Å². The van der Waals surface area contributed by atoms with Gasteiger partial charge in [0.1, 0.15) is 22.3 Å². The lowest BCUT2D eigenvalue weighted by atomic mass is 9.87. The fourth-order valence-electron chi connectivity index (χ4n) is 11.1. The Balaban J connectivity index is 0.957. The van der Waals surface area contributed by atoms with Gasteiger partial charge in [0.05, 0.1) is 0 Å². The van der Waals surface area contributed by atoms with Gasteiger partial charge in [-0.3, -0.25) is 0 Å². The number of benzene rings is 11. The van der Waals surface area contributed by atoms with Crippen molar-refractivity contribution in [2.24, 2.45) is 0 Å². The standard InChI is InChI=1S/C68H52N2O2/c1-43(2)63-65-59-39-49-31-33-57(69(53-25-13-7-14-26-53)55-29-17-23-47(35-55)45-19-9-5-10-20-45)37-51(49)41-61(59)72-68(65)64(44(3)4)66-60-40-50-32-34-58(38-52(50)42-62(60)71-67(63)66)70(54-27-15-8-16-28-54)56-30-18-24-48(36-56)46-21-11-6-12-22-46/h5-44H,1-4H3. The molecule has 0 radical (unpaired) electrons. The molecule has 0 aliphatic carbocycles. The fraction of sp³-hybridized carbons (Fsp3) is 0.0882. The molecule has 0 unspecified atom stereocenters. The van der Waals surface area contributed by atoms with E-state index in [0.29, 0.717) is 0 Å². The van der Waals surface area contributed by atoms with E-state index >= 15 is 0 Å². The summed E-state index contributed by atoms with van der Waals surface area (Å²) < 4.78 is 14.4. The van der Waals surface area contributed by atoms with Crippen LogP contribution in [0.15, 0.2) is 239 Å². The van der Waals surface area contributed by atoms with Crippen molar-refractivity contribution in [2.45, 2.75) is 39.5 Å². The summed E-state index contributed by atoms with van der Waals surface area (Å²) in [6.45, 7) is 9.12. The minimum atomic E-state index is 0.161. The zero-order valence-electron chi connectivity index (χ0n) is 40.8. The molecule has 4 nitrogen and oxygen atoms in total. The molecule has 0 saturated carbocycles. The molecule has 0 N–H and O–H groups in total. The maximum Gasteiger partial charge on any atom is 0.140 e. The average Bonchev–Trinajstić information content (AvgIpc) is 3.97. The largest absolute Gasteiger partial charge is 0.456 e. The quantitative estimate of drug-likeness (QED) is 0.137. The van der Waals surface area contributed by atoms with E-state index in [0.717, 1.165) is 99.5 Å². The molecule has 0 atom stereocenters. The number of para-hydroxylation sites is 2. The third-order valence-electron chi connectivity index (χ3n) is 14.4. The summed E-state index contributed by atoms with van der Waals surface area (Å²) >= 11 is 0. The molecule has 0 fully saturated rings. The lowest BCUT2D eigenvalue weighted by Crippen LogP contribution is -2.09. The number of nitrogens with zero attached hydrogens (tertiary/aromatic N) is 2. The van der Waals surface area contributed by atoms with Crippen LogP contribution in [-0.2, 0) is 0 Å². The molecule has 0 aliphatic rings. The van der Waals surface area contributed by atoms with Gasteiger partial charge in [-0.05, 0) is 153 Å². The predicted octanol–water partition coefficient (Wildman–Crippen LogP) is 20.3. The summed E-state index contributed by atoms with van der Waals surface area (Å²) in [7, 11) is 0. The van der Waals surface area contributed by atoms with Crippen LogP contribution < -0.4 is 9.80 Å². The number of anilines is 6. The van der Waals surface area contributed by atoms with Crippen LogP contribution in [0.3, 0.4) is 0 Å². The van der Waals surface area contributed by atoms with Gasteiger partial charge in [-0.2, -0.15) is 0 Å². The van der Waals surface area contributed by atoms with Gasteiger partial charge in [0.25, 0.3) is 0 Å². The minimum absolute atomic E-state index is 0.161. The predicted molar refractivity (Wildman–Crippen MR) is 304 cm³/mol. The van der Waals surface area contributed by atoms with Crippen LogP contribution in [0.1, 0.15) is 50.7 Å². The molecule has 0 amide bonds. The lowest BCUT2D eigenvalue weighted by Gasteiger charge is -2.26. The van der Waals surface area contributed by atoms with Crippen LogP contribution in [-0.4, -0.2) is 0 Å². The Morgan fingerprint density at radius 3 is 1.03 bits per heavy atom. The summed E-state index contributed by atoms with van der Waals surface area (Å²) in [4.78, 5) is 4.69. The molecule has 0 bridgehead atoms. The Hall–Kier alpha value is -8.86. The normalized spacial score (nSPS) is 11.9. The monoisotopic (exact) mass is 928 g/mol. The van der Waals surface area contributed by atoms with Crippen LogP contribution in [0.2, 0.25) is 0 Å². The van der Waals surface area contributed by atoms with Crippen molar-refractivity contribution in [2.75, 3.05) is 9.80 Å². The second-order valence-electron chi connectivity index (χ2n) is 19.7. The lowest BCUT2D eigenvalue weighted by molar-refractivity contribution is 0.649. The molecule has 11 aromatic carbocycles. The molecule has 0 aliphatic heterocycles. The van der Waals surface area contributed by atoms with Gasteiger partial charge in [-0.25, -0.2) is 0 Å². The highest BCUT2D eigenvalue weighted by Gasteiger charge is 2.28. The van der Waals surface area contributed by atoms with Gasteiger partial charge >= 0.3 is 0 Å². The summed E-state index contributed by atoms with van der Waals surface area (Å²) in [6, 6.07) is 82.8. The molecule has 13 rings (SSSR count). The molecule has 4 heteroatoms. The van der Waals surface area contributed by atoms with Crippen LogP contribution in [0, 0.1) is 0 Å². The highest BCUT2D eigenvalue weighted by molar-refractivity contribution is 6.22. The minimum Gasteiger partial charge on any atom is -0.456 e. The topological polar surface area (TPSA) is 32.8 Å². The molecule has 346 valence electrons. The van der Waals surface area contributed by atoms with E-state index in [4.69, 9.17) is 8.83 Å². The van der Waals surface area contributed by atoms with Gasteiger partial charge in [-0.1, -0.05) is 161 Å². The maximum absolute atomic E-state index is 7.19. The van der Waals surface area contributed by atoms with Crippen LogP contribution >= 0.6 is 0 Å². The zero-order valence-corrected chi connectivity index (χ0v) is 40.8. The molecular weight excluding hydrogens is 877 g/mol. The van der Waals surface area contributed by atoms with E-state index in [1.165, 1.54) is 33.4 Å². The zero-order chi connectivity index (χ0) is 48.5. The summed E-state index contributed by atoms with van der Waals surface area (Å²) in [6.07, 6.45) is 0. The van der Waals surface area contributed by atoms with Crippen molar-refractivity contribution < 1.29 is 8.83 Å². The second-order valence-corrected chi connectivity index (χ2v) is 19.7. The molecule has 72 heavy (non-hydrogen) atoms. The van der Waals surface area contributed by atoms with E-state index in [-0.39, 0.29) is 11.8 Å². The first-order valence-electron chi connectivity index (χ1n) is 25.1. The number of hydrogen-bond donors (Lipinski definition) is 0. The van der Waals surface area contributed by atoms with E-state index in [9.17, 15) is 0 Å². The van der Waals surface area contributed by atoms with Crippen molar-refractivity contribution in [3.05, 3.63) is 242 Å². The second kappa shape index (κ2) is 17.5. The molecular formula is C68H52N2O2. The number of rotatable bonds is 10. The SMILES string of the molecule is CC(C)c1c2oc3cc4cc(N(c5ccccc5)c5cccc(-c6ccccc6)c5)ccc4cc3c2c(C(C)C)c2oc3cc4cc(N(c5ccccc5)c5cccc(-c6ccccc6)c5)ccc4cc3c12. The van der Waals surface area contributed by atoms with Crippen LogP contribution in [0.25, 0.3) is 87.7 Å². The Morgan fingerprint density at radius 2 is 0.639 bits per heavy atom. The number of furan rings is 2. The van der Waals surface area contributed by atoms with Crippen molar-refractivity contribution >= 4 is 99.5 Å². The van der Waals surface area contributed by atoms with Crippen molar-refractivity contribution in [3.63, 3.8) is 0 Å². The Bertz CT molecular complexity index is 3880. The molecule has 2 aromatic heterocycles. The highest BCUT2D eigenvalue weighted by atomic mass is 16.3. The van der Waals surface area contributed by atoms with E-state index in [1.54, 1.807) is 0 Å². The van der Waals surface area contributed by atoms with Crippen molar-refractivity contribution in [3.8, 4) is 22.3 Å². The van der Waals surface area contributed by atoms with Crippen LogP contribution in [0.4, 0.5) is 34.1 Å². The summed E-state index contributed by atoms with van der Waals surface area (Å²) in [5.74, 6) is 0.322. The summed E-state index contributed by atoms with van der Waals surface area (Å²) in [5, 5.41) is 9.06. The highest BCUT2D eigenvalue weighted by Crippen LogP contribution is 2.50. The van der Waals surface area contributed by atoms with Gasteiger partial charge in [0.2, 0.25) is 0 Å².